The number of benzene rings is 2. The van der Waals surface area contributed by atoms with Crippen LogP contribution >= 0.6 is 23.2 Å². The third kappa shape index (κ3) is 7.19. The lowest BCUT2D eigenvalue weighted by Gasteiger charge is -2.31. The summed E-state index contributed by atoms with van der Waals surface area (Å²) in [4.78, 5) is 33.6. The van der Waals surface area contributed by atoms with Crippen LogP contribution < -0.4 is 15.5 Å². The monoisotopic (exact) mass is 641 g/mol. The number of anilines is 1. The number of aryl methyl sites for hydroxylation is 1. The van der Waals surface area contributed by atoms with Crippen molar-refractivity contribution in [3.05, 3.63) is 56.8 Å². The molecule has 2 aliphatic rings. The van der Waals surface area contributed by atoms with Crippen molar-refractivity contribution < 1.29 is 14.3 Å². The Bertz CT molecular complexity index is 1520. The Morgan fingerprint density at radius 2 is 1.77 bits per heavy atom. The van der Waals surface area contributed by atoms with Gasteiger partial charge in [0.25, 0.3) is 5.91 Å². The molecule has 3 aromatic rings. The number of nitrogens with one attached hydrogen (secondary N) is 2. The third-order valence-electron chi connectivity index (χ3n) is 8.93. The van der Waals surface area contributed by atoms with Gasteiger partial charge in [-0.3, -0.25) is 9.59 Å². The number of carbonyl (C=O) groups excluding carboxylic acids is 2. The number of fused-ring (bicyclic) bond motifs is 1. The molecule has 1 aliphatic carbocycles. The topological polar surface area (TPSA) is 88.5 Å². The van der Waals surface area contributed by atoms with Gasteiger partial charge in [-0.25, -0.2) is 4.98 Å². The highest BCUT2D eigenvalue weighted by atomic mass is 35.5. The van der Waals surface area contributed by atoms with E-state index in [2.05, 4.69) is 40.0 Å². The van der Waals surface area contributed by atoms with Gasteiger partial charge in [-0.05, 0) is 67.9 Å². The molecule has 0 bridgehead atoms. The van der Waals surface area contributed by atoms with Crippen LogP contribution in [-0.2, 0) is 29.0 Å². The largest absolute Gasteiger partial charge is 0.378 e. The predicted octanol–water partition coefficient (Wildman–Crippen LogP) is 6.76. The van der Waals surface area contributed by atoms with Gasteiger partial charge in [0.2, 0.25) is 5.91 Å². The molecule has 1 aliphatic heterocycles. The van der Waals surface area contributed by atoms with Gasteiger partial charge in [0, 0.05) is 49.1 Å². The molecule has 238 valence electrons. The fourth-order valence-electron chi connectivity index (χ4n) is 6.16. The SMILES string of the molecule is CCn1c(Cc2c(Cl)ccc(CNC(=O)C(C)(C)C)c2Cl)nc2cc(C(=O)NC3CCC(C)CC3)c(N3CCOCC3)cc21. The van der Waals surface area contributed by atoms with E-state index in [-0.39, 0.29) is 17.9 Å². The number of carbonyl (C=O) groups is 2. The molecule has 2 N–H and O–H groups in total. The second kappa shape index (κ2) is 13.7. The molecule has 44 heavy (non-hydrogen) atoms. The maximum atomic E-state index is 13.8. The molecule has 5 rings (SSSR count). The zero-order chi connectivity index (χ0) is 31.6. The molecule has 0 atom stereocenters. The fraction of sp³-hybridized carbons (Fsp3) is 0.559. The standard InChI is InChI=1S/C34H45Cl2N5O3/c1-6-41-29-19-28(40-13-15-44-16-14-40)25(32(42)38-23-10-7-21(2)8-11-23)17-27(29)39-30(41)18-24-26(35)12-9-22(31(24)36)20-37-33(43)34(3,4)5/h9,12,17,19,21,23H,6-8,10-11,13-16,18,20H2,1-5H3,(H,37,43)(H,38,42). The number of halogens is 2. The smallest absolute Gasteiger partial charge is 0.253 e. The molecule has 2 aromatic carbocycles. The highest BCUT2D eigenvalue weighted by molar-refractivity contribution is 6.36. The van der Waals surface area contributed by atoms with E-state index in [0.29, 0.717) is 54.3 Å². The first kappa shape index (κ1) is 32.6. The van der Waals surface area contributed by atoms with E-state index in [4.69, 9.17) is 32.9 Å². The molecule has 0 radical (unpaired) electrons. The van der Waals surface area contributed by atoms with Crippen molar-refractivity contribution >= 4 is 51.7 Å². The molecule has 1 saturated carbocycles. The summed E-state index contributed by atoms with van der Waals surface area (Å²) in [5.74, 6) is 1.43. The first-order valence-electron chi connectivity index (χ1n) is 15.9. The summed E-state index contributed by atoms with van der Waals surface area (Å²) in [5, 5.41) is 7.38. The summed E-state index contributed by atoms with van der Waals surface area (Å²) in [6.07, 6.45) is 4.71. The minimum Gasteiger partial charge on any atom is -0.378 e. The lowest BCUT2D eigenvalue weighted by molar-refractivity contribution is -0.128. The van der Waals surface area contributed by atoms with Crippen molar-refractivity contribution in [2.45, 2.75) is 85.9 Å². The van der Waals surface area contributed by atoms with Crippen LogP contribution in [0.1, 0.15) is 87.6 Å². The number of rotatable bonds is 8. The average molecular weight is 643 g/mol. The lowest BCUT2D eigenvalue weighted by Crippen LogP contribution is -2.40. The highest BCUT2D eigenvalue weighted by Gasteiger charge is 2.26. The van der Waals surface area contributed by atoms with Crippen molar-refractivity contribution in [3.8, 4) is 0 Å². The van der Waals surface area contributed by atoms with Crippen molar-refractivity contribution in [3.63, 3.8) is 0 Å². The molecular formula is C34H45Cl2N5O3. The zero-order valence-electron chi connectivity index (χ0n) is 26.6. The number of aromatic nitrogens is 2. The van der Waals surface area contributed by atoms with Crippen LogP contribution in [0, 0.1) is 11.3 Å². The highest BCUT2D eigenvalue weighted by Crippen LogP contribution is 2.34. The average Bonchev–Trinajstić information content (AvgIpc) is 3.35. The van der Waals surface area contributed by atoms with Gasteiger partial charge in [0.1, 0.15) is 5.82 Å². The Hall–Kier alpha value is -2.81. The number of morpholine rings is 1. The summed E-state index contributed by atoms with van der Waals surface area (Å²) in [6, 6.07) is 7.93. The van der Waals surface area contributed by atoms with Crippen LogP contribution in [0.2, 0.25) is 10.0 Å². The van der Waals surface area contributed by atoms with E-state index in [1.807, 2.05) is 39.0 Å². The molecular weight excluding hydrogens is 597 g/mol. The number of hydrogen-bond acceptors (Lipinski definition) is 5. The van der Waals surface area contributed by atoms with Crippen LogP contribution in [0.5, 0.6) is 0 Å². The van der Waals surface area contributed by atoms with E-state index in [1.165, 1.54) is 0 Å². The minimum absolute atomic E-state index is 0.0448. The minimum atomic E-state index is -0.501. The van der Waals surface area contributed by atoms with E-state index in [1.54, 1.807) is 0 Å². The predicted molar refractivity (Wildman–Crippen MR) is 178 cm³/mol. The van der Waals surface area contributed by atoms with Crippen LogP contribution in [0.25, 0.3) is 11.0 Å². The van der Waals surface area contributed by atoms with E-state index < -0.39 is 5.41 Å². The van der Waals surface area contributed by atoms with Crippen LogP contribution in [0.15, 0.2) is 24.3 Å². The van der Waals surface area contributed by atoms with Gasteiger partial charge in [0.05, 0.1) is 40.5 Å². The number of nitrogens with zero attached hydrogens (tertiary/aromatic N) is 3. The molecule has 2 fully saturated rings. The Morgan fingerprint density at radius 3 is 2.43 bits per heavy atom. The Morgan fingerprint density at radius 1 is 1.07 bits per heavy atom. The number of amides is 2. The van der Waals surface area contributed by atoms with Crippen molar-refractivity contribution in [1.29, 1.82) is 0 Å². The van der Waals surface area contributed by atoms with Gasteiger partial charge < -0.3 is 24.8 Å². The third-order valence-corrected chi connectivity index (χ3v) is 9.75. The zero-order valence-corrected chi connectivity index (χ0v) is 28.1. The molecule has 1 saturated heterocycles. The van der Waals surface area contributed by atoms with E-state index >= 15 is 0 Å². The summed E-state index contributed by atoms with van der Waals surface area (Å²) in [5.41, 5.74) is 4.36. The van der Waals surface area contributed by atoms with Gasteiger partial charge in [-0.2, -0.15) is 0 Å². The van der Waals surface area contributed by atoms with Crippen LogP contribution in [0.4, 0.5) is 5.69 Å². The van der Waals surface area contributed by atoms with Gasteiger partial charge in [-0.1, -0.05) is 57.0 Å². The Labute approximate surface area is 270 Å². The second-order valence-corrected chi connectivity index (χ2v) is 14.1. The molecule has 2 heterocycles. The molecule has 1 aromatic heterocycles. The fourth-order valence-corrected chi connectivity index (χ4v) is 6.73. The molecule has 0 spiro atoms. The van der Waals surface area contributed by atoms with Crippen LogP contribution in [-0.4, -0.2) is 53.7 Å². The summed E-state index contributed by atoms with van der Waals surface area (Å²) in [6.45, 7) is 13.7. The number of imidazole rings is 1. The van der Waals surface area contributed by atoms with Crippen LogP contribution in [0.3, 0.4) is 0 Å². The number of hydrogen-bond donors (Lipinski definition) is 2. The maximum absolute atomic E-state index is 13.8. The molecule has 0 unspecified atom stereocenters. The first-order valence-corrected chi connectivity index (χ1v) is 16.6. The molecule has 10 heteroatoms. The van der Waals surface area contributed by atoms with Gasteiger partial charge in [0.15, 0.2) is 0 Å². The maximum Gasteiger partial charge on any atom is 0.253 e. The molecule has 8 nitrogen and oxygen atoms in total. The normalized spacial score (nSPS) is 19.3. The van der Waals surface area contributed by atoms with E-state index in [0.717, 1.165) is 72.4 Å². The quantitative estimate of drug-likeness (QED) is 0.284. The first-order chi connectivity index (χ1) is 21.0. The summed E-state index contributed by atoms with van der Waals surface area (Å²) >= 11 is 13.6. The van der Waals surface area contributed by atoms with Crippen molar-refractivity contribution in [1.82, 2.24) is 20.2 Å². The lowest BCUT2D eigenvalue weighted by atomic mass is 9.87. The summed E-state index contributed by atoms with van der Waals surface area (Å²) in [7, 11) is 0. The second-order valence-electron chi connectivity index (χ2n) is 13.3. The number of ether oxygens (including phenoxy) is 1. The van der Waals surface area contributed by atoms with E-state index in [9.17, 15) is 9.59 Å². The Kier molecular flexibility index (Phi) is 10.1. The van der Waals surface area contributed by atoms with Gasteiger partial charge >= 0.3 is 0 Å². The van der Waals surface area contributed by atoms with Gasteiger partial charge in [-0.15, -0.1) is 0 Å². The Balaban J connectivity index is 1.49. The van der Waals surface area contributed by atoms with Crippen molar-refractivity contribution in [2.24, 2.45) is 11.3 Å². The molecule has 2 amide bonds. The summed E-state index contributed by atoms with van der Waals surface area (Å²) < 4.78 is 7.80. The van der Waals surface area contributed by atoms with Crippen molar-refractivity contribution in [2.75, 3.05) is 31.2 Å².